The molecular formula is C23H21N3O3. The number of aryl methyl sites for hydroxylation is 1. The Hall–Kier alpha value is -3.80. The van der Waals surface area contributed by atoms with Crippen LogP contribution in [0.2, 0.25) is 0 Å². The highest BCUT2D eigenvalue weighted by Crippen LogP contribution is 2.37. The molecule has 4 aromatic rings. The van der Waals surface area contributed by atoms with Crippen molar-refractivity contribution < 1.29 is 14.2 Å². The van der Waals surface area contributed by atoms with Crippen LogP contribution in [-0.4, -0.2) is 24.2 Å². The van der Waals surface area contributed by atoms with E-state index in [0.29, 0.717) is 17.2 Å². The second kappa shape index (κ2) is 8.06. The number of fused-ring (bicyclic) bond motifs is 1. The molecule has 6 nitrogen and oxygen atoms in total. The zero-order valence-corrected chi connectivity index (χ0v) is 16.5. The number of benzene rings is 2. The normalized spacial score (nSPS) is 10.6. The Balaban J connectivity index is 1.59. The molecule has 2 aromatic heterocycles. The number of ether oxygens (including phenoxy) is 3. The van der Waals surface area contributed by atoms with Crippen LogP contribution in [-0.2, 0) is 0 Å². The van der Waals surface area contributed by atoms with Gasteiger partial charge in [0.2, 0.25) is 0 Å². The van der Waals surface area contributed by atoms with Gasteiger partial charge in [-0.15, -0.1) is 0 Å². The lowest BCUT2D eigenvalue weighted by Gasteiger charge is -2.13. The van der Waals surface area contributed by atoms with E-state index in [4.69, 9.17) is 14.2 Å². The van der Waals surface area contributed by atoms with E-state index < -0.39 is 0 Å². The molecule has 0 radical (unpaired) electrons. The lowest BCUT2D eigenvalue weighted by atomic mass is 10.2. The molecule has 29 heavy (non-hydrogen) atoms. The van der Waals surface area contributed by atoms with Gasteiger partial charge in [0, 0.05) is 29.5 Å². The number of pyridine rings is 2. The second-order valence-electron chi connectivity index (χ2n) is 6.45. The highest BCUT2D eigenvalue weighted by molar-refractivity contribution is 5.88. The topological polar surface area (TPSA) is 65.5 Å². The first-order valence-electron chi connectivity index (χ1n) is 9.15. The molecule has 0 unspecified atom stereocenters. The molecule has 0 bridgehead atoms. The fourth-order valence-corrected chi connectivity index (χ4v) is 3.02. The van der Waals surface area contributed by atoms with Gasteiger partial charge < -0.3 is 19.5 Å². The van der Waals surface area contributed by atoms with Crippen LogP contribution in [0.3, 0.4) is 0 Å². The van der Waals surface area contributed by atoms with Crippen molar-refractivity contribution in [3.8, 4) is 23.0 Å². The molecule has 4 rings (SSSR count). The number of hydrogen-bond acceptors (Lipinski definition) is 6. The third-order valence-corrected chi connectivity index (χ3v) is 4.56. The molecule has 146 valence electrons. The van der Waals surface area contributed by atoms with E-state index >= 15 is 0 Å². The van der Waals surface area contributed by atoms with Crippen molar-refractivity contribution in [3.63, 3.8) is 0 Å². The first-order valence-corrected chi connectivity index (χ1v) is 9.15. The lowest BCUT2D eigenvalue weighted by Crippen LogP contribution is -1.96. The predicted octanol–water partition coefficient (Wildman–Crippen LogP) is 5.49. The molecule has 0 aliphatic rings. The molecule has 0 aliphatic carbocycles. The fourth-order valence-electron chi connectivity index (χ4n) is 3.02. The predicted molar refractivity (Wildman–Crippen MR) is 114 cm³/mol. The van der Waals surface area contributed by atoms with Gasteiger partial charge in [-0.2, -0.15) is 0 Å². The highest BCUT2D eigenvalue weighted by Gasteiger charge is 2.11. The van der Waals surface area contributed by atoms with Crippen LogP contribution < -0.4 is 19.5 Å². The summed E-state index contributed by atoms with van der Waals surface area (Å²) in [5, 5.41) is 4.16. The van der Waals surface area contributed by atoms with Crippen LogP contribution in [0.4, 0.5) is 11.5 Å². The Labute approximate surface area is 169 Å². The number of aromatic nitrogens is 2. The van der Waals surface area contributed by atoms with Crippen molar-refractivity contribution in [1.29, 1.82) is 0 Å². The van der Waals surface area contributed by atoms with Crippen molar-refractivity contribution in [2.45, 2.75) is 6.92 Å². The van der Waals surface area contributed by atoms with Crippen molar-refractivity contribution >= 4 is 22.4 Å². The summed E-state index contributed by atoms with van der Waals surface area (Å²) in [6.45, 7) is 2.02. The Kier molecular flexibility index (Phi) is 5.16. The maximum atomic E-state index is 6.11. The fraction of sp³-hybridized carbons (Fsp3) is 0.130. The van der Waals surface area contributed by atoms with Crippen molar-refractivity contribution in [1.82, 2.24) is 9.97 Å². The summed E-state index contributed by atoms with van der Waals surface area (Å²) in [6.07, 6.45) is 3.48. The number of hydrogen-bond donors (Lipinski definition) is 1. The van der Waals surface area contributed by atoms with E-state index in [1.807, 2.05) is 61.5 Å². The van der Waals surface area contributed by atoms with Crippen LogP contribution in [0.5, 0.6) is 23.0 Å². The minimum atomic E-state index is 0.628. The number of nitrogens with one attached hydrogen (secondary N) is 1. The summed E-state index contributed by atoms with van der Waals surface area (Å²) in [6, 6.07) is 17.2. The van der Waals surface area contributed by atoms with E-state index in [-0.39, 0.29) is 0 Å². The summed E-state index contributed by atoms with van der Waals surface area (Å²) >= 11 is 0. The van der Waals surface area contributed by atoms with Gasteiger partial charge in [0.15, 0.2) is 11.5 Å². The van der Waals surface area contributed by atoms with Gasteiger partial charge in [-0.25, -0.2) is 4.98 Å². The van der Waals surface area contributed by atoms with Crippen LogP contribution in [0, 0.1) is 6.92 Å². The molecule has 0 aliphatic heterocycles. The third-order valence-electron chi connectivity index (χ3n) is 4.56. The van der Waals surface area contributed by atoms with E-state index in [2.05, 4.69) is 15.3 Å². The van der Waals surface area contributed by atoms with Crippen LogP contribution in [0.15, 0.2) is 67.0 Å². The summed E-state index contributed by atoms with van der Waals surface area (Å²) in [5.74, 6) is 3.50. The van der Waals surface area contributed by atoms with Gasteiger partial charge in [0.25, 0.3) is 0 Å². The Morgan fingerprint density at radius 1 is 0.793 bits per heavy atom. The smallest absolute Gasteiger partial charge is 0.162 e. The number of anilines is 2. The average molecular weight is 387 g/mol. The third kappa shape index (κ3) is 3.91. The standard InChI is InChI=1S/C23H21N3O3/c1-15-5-4-11-25-23(15)26-16-6-8-17(9-7-16)29-20-10-12-24-19-14-22(28-3)21(27-2)13-18(19)20/h4-14H,1-3H3,(H,25,26). The summed E-state index contributed by atoms with van der Waals surface area (Å²) in [4.78, 5) is 8.76. The Morgan fingerprint density at radius 2 is 1.55 bits per heavy atom. The van der Waals surface area contributed by atoms with Gasteiger partial charge in [0.1, 0.15) is 17.3 Å². The van der Waals surface area contributed by atoms with Crippen molar-refractivity contribution in [3.05, 3.63) is 72.6 Å². The van der Waals surface area contributed by atoms with E-state index in [9.17, 15) is 0 Å². The molecule has 0 saturated heterocycles. The largest absolute Gasteiger partial charge is 0.493 e. The molecule has 0 saturated carbocycles. The SMILES string of the molecule is COc1cc2nccc(Oc3ccc(Nc4ncccc4C)cc3)c2cc1OC. The summed E-state index contributed by atoms with van der Waals surface area (Å²) in [7, 11) is 3.21. The second-order valence-corrected chi connectivity index (χ2v) is 6.45. The van der Waals surface area contributed by atoms with Gasteiger partial charge in [-0.1, -0.05) is 6.07 Å². The molecular weight excluding hydrogens is 366 g/mol. The Morgan fingerprint density at radius 3 is 2.28 bits per heavy atom. The first-order chi connectivity index (χ1) is 14.2. The molecule has 1 N–H and O–H groups in total. The van der Waals surface area contributed by atoms with Gasteiger partial charge in [0.05, 0.1) is 19.7 Å². The average Bonchev–Trinajstić information content (AvgIpc) is 2.76. The van der Waals surface area contributed by atoms with Crippen LogP contribution >= 0.6 is 0 Å². The molecule has 0 atom stereocenters. The van der Waals surface area contributed by atoms with Crippen LogP contribution in [0.1, 0.15) is 5.56 Å². The number of rotatable bonds is 6. The maximum Gasteiger partial charge on any atom is 0.162 e. The maximum absolute atomic E-state index is 6.11. The summed E-state index contributed by atoms with van der Waals surface area (Å²) < 4.78 is 16.9. The monoisotopic (exact) mass is 387 g/mol. The van der Waals surface area contributed by atoms with E-state index in [1.165, 1.54) is 0 Å². The number of methoxy groups -OCH3 is 2. The molecule has 2 aromatic carbocycles. The zero-order chi connectivity index (χ0) is 20.2. The minimum Gasteiger partial charge on any atom is -0.493 e. The lowest BCUT2D eigenvalue weighted by molar-refractivity contribution is 0.355. The number of nitrogens with zero attached hydrogens (tertiary/aromatic N) is 2. The van der Waals surface area contributed by atoms with Gasteiger partial charge in [-0.05, 0) is 55.0 Å². The van der Waals surface area contributed by atoms with E-state index in [0.717, 1.165) is 33.7 Å². The molecule has 0 amide bonds. The van der Waals surface area contributed by atoms with Crippen LogP contribution in [0.25, 0.3) is 10.9 Å². The highest BCUT2D eigenvalue weighted by atomic mass is 16.5. The van der Waals surface area contributed by atoms with Crippen molar-refractivity contribution in [2.24, 2.45) is 0 Å². The van der Waals surface area contributed by atoms with E-state index in [1.54, 1.807) is 26.6 Å². The summed E-state index contributed by atoms with van der Waals surface area (Å²) in [5.41, 5.74) is 2.79. The molecule has 0 fully saturated rings. The van der Waals surface area contributed by atoms with Gasteiger partial charge >= 0.3 is 0 Å². The zero-order valence-electron chi connectivity index (χ0n) is 16.5. The first kappa shape index (κ1) is 18.6. The van der Waals surface area contributed by atoms with Crippen molar-refractivity contribution in [2.75, 3.05) is 19.5 Å². The quantitative estimate of drug-likeness (QED) is 0.472. The minimum absolute atomic E-state index is 0.628. The molecule has 2 heterocycles. The molecule has 6 heteroatoms. The molecule has 0 spiro atoms. The Bertz CT molecular complexity index is 1140. The van der Waals surface area contributed by atoms with Gasteiger partial charge in [-0.3, -0.25) is 4.98 Å².